The zero-order valence-corrected chi connectivity index (χ0v) is 8.69. The third-order valence-electron chi connectivity index (χ3n) is 3.44. The van der Waals surface area contributed by atoms with Crippen LogP contribution >= 0.6 is 0 Å². The van der Waals surface area contributed by atoms with Gasteiger partial charge in [0.1, 0.15) is 0 Å². The summed E-state index contributed by atoms with van der Waals surface area (Å²) in [5.74, 6) is 1.11. The second kappa shape index (κ2) is 3.45. The number of aromatic amines is 1. The Bertz CT molecular complexity index is 452. The molecule has 0 aromatic carbocycles. The molecule has 1 aliphatic carbocycles. The number of aromatic nitrogens is 1. The van der Waals surface area contributed by atoms with Crippen molar-refractivity contribution in [1.29, 1.82) is 0 Å². The van der Waals surface area contributed by atoms with Crippen LogP contribution in [0.5, 0.6) is 0 Å². The van der Waals surface area contributed by atoms with Gasteiger partial charge in [0, 0.05) is 31.4 Å². The Morgan fingerprint density at radius 2 is 2.06 bits per heavy atom. The number of amides is 1. The molecule has 2 fully saturated rings. The van der Waals surface area contributed by atoms with Crippen LogP contribution in [-0.4, -0.2) is 30.0 Å². The molecule has 84 valence electrons. The van der Waals surface area contributed by atoms with E-state index in [-0.39, 0.29) is 11.5 Å². The summed E-state index contributed by atoms with van der Waals surface area (Å²) in [7, 11) is 0. The molecule has 2 unspecified atom stereocenters. The second-order valence-corrected chi connectivity index (χ2v) is 4.43. The standard InChI is InChI=1S/C11H13N3O2/c15-9-2-1-6(3-13-9)11(16)14-10-7-4-12-5-8(7)10/h1-3,7-8,10,12H,4-5H2,(H,13,15)(H,14,16). The van der Waals surface area contributed by atoms with Crippen molar-refractivity contribution >= 4 is 5.91 Å². The van der Waals surface area contributed by atoms with E-state index in [1.807, 2.05) is 0 Å². The number of hydrogen-bond donors (Lipinski definition) is 3. The highest BCUT2D eigenvalue weighted by molar-refractivity contribution is 5.94. The number of H-pyrrole nitrogens is 1. The minimum Gasteiger partial charge on any atom is -0.349 e. The highest BCUT2D eigenvalue weighted by atomic mass is 16.2. The molecule has 16 heavy (non-hydrogen) atoms. The maximum atomic E-state index is 11.8. The van der Waals surface area contributed by atoms with E-state index in [4.69, 9.17) is 0 Å². The first kappa shape index (κ1) is 9.59. The summed E-state index contributed by atoms with van der Waals surface area (Å²) in [5.41, 5.74) is 0.321. The fraction of sp³-hybridized carbons (Fsp3) is 0.455. The van der Waals surface area contributed by atoms with Gasteiger partial charge in [-0.2, -0.15) is 0 Å². The third-order valence-corrected chi connectivity index (χ3v) is 3.44. The van der Waals surface area contributed by atoms with Crippen LogP contribution in [0.25, 0.3) is 0 Å². The van der Waals surface area contributed by atoms with Crippen molar-refractivity contribution in [3.63, 3.8) is 0 Å². The zero-order chi connectivity index (χ0) is 11.1. The molecule has 1 saturated heterocycles. The lowest BCUT2D eigenvalue weighted by atomic mass is 10.2. The zero-order valence-electron chi connectivity index (χ0n) is 8.69. The van der Waals surface area contributed by atoms with Gasteiger partial charge >= 0.3 is 0 Å². The smallest absolute Gasteiger partial charge is 0.252 e. The van der Waals surface area contributed by atoms with E-state index in [0.717, 1.165) is 13.1 Å². The van der Waals surface area contributed by atoms with E-state index in [2.05, 4.69) is 15.6 Å². The molecule has 1 amide bonds. The molecule has 5 nitrogen and oxygen atoms in total. The molecule has 2 atom stereocenters. The van der Waals surface area contributed by atoms with E-state index in [1.165, 1.54) is 12.3 Å². The molecule has 1 aliphatic heterocycles. The lowest BCUT2D eigenvalue weighted by molar-refractivity contribution is 0.0946. The monoisotopic (exact) mass is 219 g/mol. The highest BCUT2D eigenvalue weighted by Gasteiger charge is 2.53. The van der Waals surface area contributed by atoms with Crippen LogP contribution in [0.15, 0.2) is 23.1 Å². The first-order valence-corrected chi connectivity index (χ1v) is 5.46. The van der Waals surface area contributed by atoms with Gasteiger partial charge in [-0.15, -0.1) is 0 Å². The predicted octanol–water partition coefficient (Wildman–Crippen LogP) is -0.678. The van der Waals surface area contributed by atoms with Gasteiger partial charge in [0.2, 0.25) is 5.56 Å². The van der Waals surface area contributed by atoms with Crippen LogP contribution in [0.1, 0.15) is 10.4 Å². The van der Waals surface area contributed by atoms with Crippen LogP contribution < -0.4 is 16.2 Å². The number of rotatable bonds is 2. The maximum absolute atomic E-state index is 11.8. The number of carbonyl (C=O) groups is 1. The summed E-state index contributed by atoms with van der Waals surface area (Å²) < 4.78 is 0. The summed E-state index contributed by atoms with van der Waals surface area (Å²) >= 11 is 0. The first-order chi connectivity index (χ1) is 7.75. The summed E-state index contributed by atoms with van der Waals surface area (Å²) in [4.78, 5) is 25.1. The minimum absolute atomic E-state index is 0.101. The fourth-order valence-corrected chi connectivity index (χ4v) is 2.42. The van der Waals surface area contributed by atoms with E-state index in [1.54, 1.807) is 6.07 Å². The van der Waals surface area contributed by atoms with E-state index in [0.29, 0.717) is 23.4 Å². The van der Waals surface area contributed by atoms with Gasteiger partial charge < -0.3 is 15.6 Å². The van der Waals surface area contributed by atoms with Gasteiger partial charge in [-0.25, -0.2) is 0 Å². The molecular formula is C11H13N3O2. The average Bonchev–Trinajstić information content (AvgIpc) is 2.75. The van der Waals surface area contributed by atoms with Crippen molar-refractivity contribution in [3.05, 3.63) is 34.2 Å². The van der Waals surface area contributed by atoms with Crippen LogP contribution in [0, 0.1) is 11.8 Å². The molecule has 3 rings (SSSR count). The molecule has 1 aromatic heterocycles. The van der Waals surface area contributed by atoms with Crippen molar-refractivity contribution in [2.24, 2.45) is 11.8 Å². The SMILES string of the molecule is O=C(NC1C2CNCC21)c1ccc(=O)[nH]c1. The summed E-state index contributed by atoms with van der Waals surface area (Å²) in [6.07, 6.45) is 1.45. The summed E-state index contributed by atoms with van der Waals surface area (Å²) in [5, 5.41) is 6.26. The Kier molecular flexibility index (Phi) is 2.07. The van der Waals surface area contributed by atoms with Crippen LogP contribution in [0.3, 0.4) is 0 Å². The van der Waals surface area contributed by atoms with Gasteiger partial charge in [0.05, 0.1) is 5.56 Å². The molecular weight excluding hydrogens is 206 g/mol. The maximum Gasteiger partial charge on any atom is 0.252 e. The minimum atomic E-state index is -0.191. The van der Waals surface area contributed by atoms with Crippen molar-refractivity contribution in [2.75, 3.05) is 13.1 Å². The third kappa shape index (κ3) is 1.53. The first-order valence-electron chi connectivity index (χ1n) is 5.46. The largest absolute Gasteiger partial charge is 0.349 e. The Labute approximate surface area is 92.3 Å². The van der Waals surface area contributed by atoms with E-state index in [9.17, 15) is 9.59 Å². The molecule has 2 heterocycles. The summed E-state index contributed by atoms with van der Waals surface area (Å²) in [6.45, 7) is 2.00. The molecule has 3 N–H and O–H groups in total. The second-order valence-electron chi connectivity index (χ2n) is 4.43. The molecule has 1 aromatic rings. The van der Waals surface area contributed by atoms with Gasteiger partial charge in [-0.05, 0) is 17.9 Å². The number of piperidine rings is 1. The van der Waals surface area contributed by atoms with Crippen molar-refractivity contribution < 1.29 is 4.79 Å². The number of fused-ring (bicyclic) bond motifs is 1. The Morgan fingerprint density at radius 3 is 2.69 bits per heavy atom. The average molecular weight is 219 g/mol. The summed E-state index contributed by atoms with van der Waals surface area (Å²) in [6, 6.07) is 3.23. The highest BCUT2D eigenvalue weighted by Crippen LogP contribution is 2.41. The van der Waals surface area contributed by atoms with Crippen molar-refractivity contribution in [3.8, 4) is 0 Å². The predicted molar refractivity (Wildman–Crippen MR) is 58.2 cm³/mol. The van der Waals surface area contributed by atoms with Gasteiger partial charge in [0.15, 0.2) is 0 Å². The Morgan fingerprint density at radius 1 is 1.31 bits per heavy atom. The topological polar surface area (TPSA) is 74.0 Å². The number of carbonyl (C=O) groups excluding carboxylic acids is 1. The Hall–Kier alpha value is -1.62. The van der Waals surface area contributed by atoms with Gasteiger partial charge in [-0.1, -0.05) is 0 Å². The lowest BCUT2D eigenvalue weighted by Gasteiger charge is -2.07. The van der Waals surface area contributed by atoms with Gasteiger partial charge in [-0.3, -0.25) is 9.59 Å². The molecule has 5 heteroatoms. The molecule has 2 aliphatic rings. The fourth-order valence-electron chi connectivity index (χ4n) is 2.42. The lowest BCUT2D eigenvalue weighted by Crippen LogP contribution is -2.32. The molecule has 0 radical (unpaired) electrons. The number of pyridine rings is 1. The van der Waals surface area contributed by atoms with Crippen molar-refractivity contribution in [1.82, 2.24) is 15.6 Å². The normalized spacial score (nSPS) is 30.9. The van der Waals surface area contributed by atoms with Crippen LogP contribution in [0.2, 0.25) is 0 Å². The number of nitrogens with one attached hydrogen (secondary N) is 3. The molecule has 0 spiro atoms. The van der Waals surface area contributed by atoms with Crippen LogP contribution in [0.4, 0.5) is 0 Å². The molecule has 1 saturated carbocycles. The molecule has 0 bridgehead atoms. The van der Waals surface area contributed by atoms with Crippen molar-refractivity contribution in [2.45, 2.75) is 6.04 Å². The van der Waals surface area contributed by atoms with E-state index >= 15 is 0 Å². The number of hydrogen-bond acceptors (Lipinski definition) is 3. The van der Waals surface area contributed by atoms with Gasteiger partial charge in [0.25, 0.3) is 5.91 Å². The van der Waals surface area contributed by atoms with Crippen LogP contribution in [-0.2, 0) is 0 Å². The van der Waals surface area contributed by atoms with E-state index < -0.39 is 0 Å². The Balaban J connectivity index is 1.65. The quantitative estimate of drug-likeness (QED) is 0.617.